The molecule has 1 aliphatic rings. The number of likely N-dealkylation sites (N-methyl/N-ethyl adjacent to an activating group) is 1. The number of hydrogen-bond acceptors (Lipinski definition) is 4. The number of nitrogens with zero attached hydrogens (tertiary/aromatic N) is 2. The number of ether oxygens (including phenoxy) is 2. The van der Waals surface area contributed by atoms with Gasteiger partial charge in [0.1, 0.15) is 18.4 Å². The van der Waals surface area contributed by atoms with Gasteiger partial charge in [0.2, 0.25) is 5.91 Å². The molecule has 0 saturated carbocycles. The average molecular weight is 377 g/mol. The van der Waals surface area contributed by atoms with Crippen LogP contribution in [0.1, 0.15) is 25.3 Å². The summed E-state index contributed by atoms with van der Waals surface area (Å²) in [6.07, 6.45) is 2.28. The number of benzene rings is 1. The lowest BCUT2D eigenvalue weighted by Gasteiger charge is -2.19. The first-order chi connectivity index (χ1) is 12.9. The van der Waals surface area contributed by atoms with E-state index in [4.69, 9.17) is 9.47 Å². The molecule has 1 amide bonds. The van der Waals surface area contributed by atoms with Crippen molar-refractivity contribution in [1.82, 2.24) is 15.5 Å². The Morgan fingerprint density at radius 2 is 2.22 bits per heavy atom. The van der Waals surface area contributed by atoms with Gasteiger partial charge in [0.25, 0.3) is 0 Å². The SMILES string of the molecule is Cc1cccc(OC(C)CNC(=NCC(=O)N(C)C)NCC2CCCO2)c1. The van der Waals surface area contributed by atoms with Gasteiger partial charge in [-0.15, -0.1) is 0 Å². The molecule has 150 valence electrons. The Morgan fingerprint density at radius 3 is 2.89 bits per heavy atom. The zero-order chi connectivity index (χ0) is 19.6. The molecule has 0 aromatic heterocycles. The van der Waals surface area contributed by atoms with Gasteiger partial charge in [-0.05, 0) is 44.4 Å². The zero-order valence-corrected chi connectivity index (χ0v) is 16.8. The Bertz CT molecular complexity index is 627. The van der Waals surface area contributed by atoms with E-state index in [9.17, 15) is 4.79 Å². The van der Waals surface area contributed by atoms with Crippen molar-refractivity contribution in [1.29, 1.82) is 0 Å². The van der Waals surface area contributed by atoms with E-state index >= 15 is 0 Å². The van der Waals surface area contributed by atoms with Crippen molar-refractivity contribution >= 4 is 11.9 Å². The van der Waals surface area contributed by atoms with Crippen LogP contribution in [-0.4, -0.2) is 69.3 Å². The predicted molar refractivity (Wildman–Crippen MR) is 107 cm³/mol. The van der Waals surface area contributed by atoms with Crippen LogP contribution in [0.25, 0.3) is 0 Å². The van der Waals surface area contributed by atoms with Gasteiger partial charge in [-0.2, -0.15) is 0 Å². The molecule has 2 atom stereocenters. The van der Waals surface area contributed by atoms with Crippen LogP contribution < -0.4 is 15.4 Å². The molecule has 1 aromatic rings. The van der Waals surface area contributed by atoms with Crippen LogP contribution in [0.5, 0.6) is 5.75 Å². The number of carbonyl (C=O) groups excluding carboxylic acids is 1. The Balaban J connectivity index is 1.86. The van der Waals surface area contributed by atoms with Crippen LogP contribution in [0.2, 0.25) is 0 Å². The molecule has 0 spiro atoms. The smallest absolute Gasteiger partial charge is 0.243 e. The Labute approximate surface area is 162 Å². The molecule has 2 N–H and O–H groups in total. The number of hydrogen-bond donors (Lipinski definition) is 2. The summed E-state index contributed by atoms with van der Waals surface area (Å²) >= 11 is 0. The van der Waals surface area contributed by atoms with Gasteiger partial charge in [0.05, 0.1) is 12.6 Å². The number of carbonyl (C=O) groups is 1. The number of rotatable bonds is 8. The third kappa shape index (κ3) is 7.86. The fourth-order valence-corrected chi connectivity index (χ4v) is 2.68. The predicted octanol–water partition coefficient (Wildman–Crippen LogP) is 1.56. The van der Waals surface area contributed by atoms with E-state index in [1.165, 1.54) is 4.90 Å². The van der Waals surface area contributed by atoms with Crippen molar-refractivity contribution in [2.75, 3.05) is 40.3 Å². The highest BCUT2D eigenvalue weighted by Crippen LogP contribution is 2.14. The maximum Gasteiger partial charge on any atom is 0.243 e. The maximum atomic E-state index is 11.8. The summed E-state index contributed by atoms with van der Waals surface area (Å²) in [6, 6.07) is 7.98. The molecule has 1 fully saturated rings. The fraction of sp³-hybridized carbons (Fsp3) is 0.600. The summed E-state index contributed by atoms with van der Waals surface area (Å²) in [6.45, 7) is 6.19. The number of aryl methyl sites for hydroxylation is 1. The summed E-state index contributed by atoms with van der Waals surface area (Å²) in [5.41, 5.74) is 1.16. The summed E-state index contributed by atoms with van der Waals surface area (Å²) in [4.78, 5) is 17.8. The molecule has 0 radical (unpaired) electrons. The highest BCUT2D eigenvalue weighted by molar-refractivity contribution is 5.84. The summed E-state index contributed by atoms with van der Waals surface area (Å²) < 4.78 is 11.6. The molecule has 0 aliphatic carbocycles. The zero-order valence-electron chi connectivity index (χ0n) is 16.8. The van der Waals surface area contributed by atoms with Crippen LogP contribution >= 0.6 is 0 Å². The van der Waals surface area contributed by atoms with Crippen LogP contribution in [0, 0.1) is 6.92 Å². The molecular formula is C20H32N4O3. The Morgan fingerprint density at radius 1 is 1.41 bits per heavy atom. The van der Waals surface area contributed by atoms with Crippen LogP contribution in [-0.2, 0) is 9.53 Å². The molecule has 0 bridgehead atoms. The van der Waals surface area contributed by atoms with E-state index in [1.807, 2.05) is 38.1 Å². The van der Waals surface area contributed by atoms with Crippen molar-refractivity contribution in [3.63, 3.8) is 0 Å². The van der Waals surface area contributed by atoms with Gasteiger partial charge in [0.15, 0.2) is 5.96 Å². The first-order valence-electron chi connectivity index (χ1n) is 9.51. The summed E-state index contributed by atoms with van der Waals surface area (Å²) in [5, 5.41) is 6.53. The van der Waals surface area contributed by atoms with Crippen LogP contribution in [0.3, 0.4) is 0 Å². The van der Waals surface area contributed by atoms with E-state index in [0.29, 0.717) is 19.0 Å². The quantitative estimate of drug-likeness (QED) is 0.532. The molecular weight excluding hydrogens is 344 g/mol. The van der Waals surface area contributed by atoms with Gasteiger partial charge in [-0.3, -0.25) is 4.79 Å². The van der Waals surface area contributed by atoms with Gasteiger partial charge >= 0.3 is 0 Å². The lowest BCUT2D eigenvalue weighted by atomic mass is 10.2. The molecule has 1 heterocycles. The standard InChI is InChI=1S/C20H32N4O3/c1-15-7-5-8-17(11-15)27-16(2)12-21-20(23-14-19(25)24(3)4)22-13-18-9-6-10-26-18/h5,7-8,11,16,18H,6,9-10,12-14H2,1-4H3,(H2,21,22,23). The topological polar surface area (TPSA) is 75.2 Å². The monoisotopic (exact) mass is 376 g/mol. The molecule has 27 heavy (non-hydrogen) atoms. The van der Waals surface area contributed by atoms with E-state index in [2.05, 4.69) is 15.6 Å². The minimum atomic E-state index is -0.0499. The summed E-state index contributed by atoms with van der Waals surface area (Å²) in [7, 11) is 3.45. The minimum Gasteiger partial charge on any atom is -0.489 e. The van der Waals surface area contributed by atoms with Crippen molar-refractivity contribution in [3.05, 3.63) is 29.8 Å². The third-order valence-corrected chi connectivity index (χ3v) is 4.28. The maximum absolute atomic E-state index is 11.8. The van der Waals surface area contributed by atoms with Crippen LogP contribution in [0.15, 0.2) is 29.3 Å². The molecule has 2 rings (SSSR count). The second-order valence-corrected chi connectivity index (χ2v) is 7.09. The number of amides is 1. The molecule has 1 aromatic carbocycles. The van der Waals surface area contributed by atoms with E-state index in [-0.39, 0.29) is 24.7 Å². The van der Waals surface area contributed by atoms with Gasteiger partial charge in [-0.25, -0.2) is 4.99 Å². The third-order valence-electron chi connectivity index (χ3n) is 4.28. The minimum absolute atomic E-state index is 0.0442. The molecule has 1 saturated heterocycles. The van der Waals surface area contributed by atoms with Gasteiger partial charge in [-0.1, -0.05) is 12.1 Å². The van der Waals surface area contributed by atoms with E-state index in [0.717, 1.165) is 30.8 Å². The first kappa shape index (κ1) is 21.0. The Kier molecular flexibility index (Phi) is 8.39. The number of aliphatic imine (C=N–C) groups is 1. The second-order valence-electron chi connectivity index (χ2n) is 7.09. The molecule has 7 heteroatoms. The Hall–Kier alpha value is -2.28. The van der Waals surface area contributed by atoms with Gasteiger partial charge < -0.3 is 25.0 Å². The number of nitrogens with one attached hydrogen (secondary N) is 2. The molecule has 2 unspecified atom stereocenters. The van der Waals surface area contributed by atoms with Crippen molar-refractivity contribution in [2.24, 2.45) is 4.99 Å². The fourth-order valence-electron chi connectivity index (χ4n) is 2.68. The van der Waals surface area contributed by atoms with E-state index in [1.54, 1.807) is 14.1 Å². The normalized spacial score (nSPS) is 18.1. The molecule has 1 aliphatic heterocycles. The van der Waals surface area contributed by atoms with Crippen molar-refractivity contribution in [3.8, 4) is 5.75 Å². The van der Waals surface area contributed by atoms with Crippen molar-refractivity contribution < 1.29 is 14.3 Å². The molecule has 7 nitrogen and oxygen atoms in total. The number of guanidine groups is 1. The second kappa shape index (κ2) is 10.8. The van der Waals surface area contributed by atoms with Crippen LogP contribution in [0.4, 0.5) is 0 Å². The summed E-state index contributed by atoms with van der Waals surface area (Å²) in [5.74, 6) is 1.40. The highest BCUT2D eigenvalue weighted by atomic mass is 16.5. The van der Waals surface area contributed by atoms with Crippen molar-refractivity contribution in [2.45, 2.75) is 38.9 Å². The largest absolute Gasteiger partial charge is 0.489 e. The lowest BCUT2D eigenvalue weighted by Crippen LogP contribution is -2.44. The van der Waals surface area contributed by atoms with Gasteiger partial charge in [0, 0.05) is 27.2 Å². The highest BCUT2D eigenvalue weighted by Gasteiger charge is 2.16. The first-order valence-corrected chi connectivity index (χ1v) is 9.51. The average Bonchev–Trinajstić information content (AvgIpc) is 3.14. The van der Waals surface area contributed by atoms with E-state index < -0.39 is 0 Å². The lowest BCUT2D eigenvalue weighted by molar-refractivity contribution is -0.127.